The van der Waals surface area contributed by atoms with Crippen LogP contribution in [0.2, 0.25) is 0 Å². The lowest BCUT2D eigenvalue weighted by atomic mass is 9.96. The number of aldehydes is 1. The Labute approximate surface area is 454 Å². The second-order valence-electron chi connectivity index (χ2n) is 20.8. The van der Waals surface area contributed by atoms with Crippen molar-refractivity contribution >= 4 is 59.9 Å². The Morgan fingerprint density at radius 1 is 0.610 bits per heavy atom. The van der Waals surface area contributed by atoms with Gasteiger partial charge in [-0.2, -0.15) is 0 Å². The van der Waals surface area contributed by atoms with E-state index in [-0.39, 0.29) is 75.7 Å². The van der Waals surface area contributed by atoms with Gasteiger partial charge in [0, 0.05) is 62.6 Å². The Hall–Kier alpha value is -6.77. The number of aliphatic imine (C=N–C) groups is 1. The molecule has 0 unspecified atom stereocenters. The second kappa shape index (κ2) is 37.9. The van der Waals surface area contributed by atoms with Crippen LogP contribution in [0.15, 0.2) is 17.5 Å². The summed E-state index contributed by atoms with van der Waals surface area (Å²) in [6.45, 7) is 17.1. The molecule has 1 rings (SSSR count). The average Bonchev–Trinajstić information content (AvgIpc) is 3.88. The topological polar surface area (TPSA) is 431 Å². The molecule has 0 aromatic carbocycles. The van der Waals surface area contributed by atoms with Gasteiger partial charge in [0.2, 0.25) is 29.5 Å². The Morgan fingerprint density at radius 2 is 1.17 bits per heavy atom. The van der Waals surface area contributed by atoms with Gasteiger partial charge in [-0.05, 0) is 88.5 Å². The van der Waals surface area contributed by atoms with Crippen molar-refractivity contribution in [2.24, 2.45) is 51.6 Å². The number of aromatic amines is 1. The maximum absolute atomic E-state index is 14.3. The number of aromatic nitrogens is 2. The molecule has 0 aliphatic rings. The van der Waals surface area contributed by atoms with Crippen LogP contribution in [0.1, 0.15) is 126 Å². The normalized spacial score (nSPS) is 14.7. The van der Waals surface area contributed by atoms with Crippen LogP contribution in [0.5, 0.6) is 0 Å². The highest BCUT2D eigenvalue weighted by atomic mass is 16.2. The van der Waals surface area contributed by atoms with Crippen LogP contribution in [-0.4, -0.2) is 157 Å². The van der Waals surface area contributed by atoms with Crippen LogP contribution in [0, 0.1) is 23.7 Å². The number of guanidine groups is 1. The van der Waals surface area contributed by atoms with Crippen molar-refractivity contribution in [3.05, 3.63) is 18.2 Å². The zero-order chi connectivity index (χ0) is 58.0. The van der Waals surface area contributed by atoms with E-state index >= 15 is 0 Å². The van der Waals surface area contributed by atoms with Gasteiger partial charge in [-0.1, -0.05) is 61.8 Å². The third-order valence-electron chi connectivity index (χ3n) is 12.2. The summed E-state index contributed by atoms with van der Waals surface area (Å²) in [6, 6.07) is -8.37. The molecule has 0 bridgehead atoms. The van der Waals surface area contributed by atoms with E-state index in [0.29, 0.717) is 63.5 Å². The molecule has 27 nitrogen and oxygen atoms in total. The van der Waals surface area contributed by atoms with E-state index in [2.05, 4.69) is 73.4 Å². The van der Waals surface area contributed by atoms with Gasteiger partial charge in [0.1, 0.15) is 30.5 Å². The molecule has 77 heavy (non-hydrogen) atoms. The smallest absolute Gasteiger partial charge is 0.315 e. The van der Waals surface area contributed by atoms with Crippen LogP contribution in [0.4, 0.5) is 14.4 Å². The number of nitrogens with two attached hydrogens (primary N) is 4. The van der Waals surface area contributed by atoms with Gasteiger partial charge in [-0.3, -0.25) is 29.0 Å². The lowest BCUT2D eigenvalue weighted by Crippen LogP contribution is -2.60. The van der Waals surface area contributed by atoms with Crippen LogP contribution in [0.3, 0.4) is 0 Å². The largest absolute Gasteiger partial charge is 0.370 e. The van der Waals surface area contributed by atoms with Gasteiger partial charge in [-0.15, -0.1) is 0 Å². The van der Waals surface area contributed by atoms with E-state index in [9.17, 15) is 43.2 Å². The third kappa shape index (κ3) is 30.5. The zero-order valence-electron chi connectivity index (χ0n) is 46.9. The highest BCUT2D eigenvalue weighted by Gasteiger charge is 2.34. The first kappa shape index (κ1) is 68.2. The molecular formula is C50H94N18O9. The Bertz CT molecular complexity index is 1990. The van der Waals surface area contributed by atoms with Crippen molar-refractivity contribution in [3.63, 3.8) is 0 Å². The molecule has 0 fully saturated rings. The summed E-state index contributed by atoms with van der Waals surface area (Å²) in [6.07, 6.45) is 7.17. The number of amides is 11. The lowest BCUT2D eigenvalue weighted by Gasteiger charge is -2.30. The number of nitrogens with zero attached hydrogens (tertiary/aromatic N) is 2. The number of hydrogen-bond donors (Lipinski definition) is 16. The van der Waals surface area contributed by atoms with Crippen LogP contribution in [0.25, 0.3) is 0 Å². The van der Waals surface area contributed by atoms with Gasteiger partial charge in [0.05, 0.1) is 18.9 Å². The first-order chi connectivity index (χ1) is 36.4. The van der Waals surface area contributed by atoms with Gasteiger partial charge in [-0.25, -0.2) is 19.4 Å². The van der Waals surface area contributed by atoms with Gasteiger partial charge < -0.3 is 91.2 Å². The molecule has 1 aromatic rings. The molecule has 0 radical (unpaired) electrons. The van der Waals surface area contributed by atoms with Crippen LogP contribution < -0.4 is 81.4 Å². The van der Waals surface area contributed by atoms with E-state index < -0.39 is 102 Å². The molecule has 0 saturated carbocycles. The maximum Gasteiger partial charge on any atom is 0.315 e. The number of imidazole rings is 1. The fraction of sp³-hybridized carbons (Fsp3) is 0.740. The molecule has 27 heteroatoms. The molecular weight excluding hydrogens is 997 g/mol. The molecule has 20 N–H and O–H groups in total. The molecule has 0 spiro atoms. The van der Waals surface area contributed by atoms with Crippen molar-refractivity contribution in [3.8, 4) is 0 Å². The summed E-state index contributed by atoms with van der Waals surface area (Å²) in [5.41, 5.74) is 22.9. The summed E-state index contributed by atoms with van der Waals surface area (Å²) < 4.78 is 0. The first-order valence-electron chi connectivity index (χ1n) is 26.9. The summed E-state index contributed by atoms with van der Waals surface area (Å²) in [7, 11) is 0. The monoisotopic (exact) mass is 1090 g/mol. The van der Waals surface area contributed by atoms with Gasteiger partial charge in [0.25, 0.3) is 0 Å². The Balaban J connectivity index is 3.26. The summed E-state index contributed by atoms with van der Waals surface area (Å²) in [5.74, 6) is -3.39. The fourth-order valence-corrected chi connectivity index (χ4v) is 8.04. The third-order valence-corrected chi connectivity index (χ3v) is 12.2. The molecule has 1 aromatic heterocycles. The Morgan fingerprint density at radius 3 is 1.69 bits per heavy atom. The fourth-order valence-electron chi connectivity index (χ4n) is 8.04. The number of urea groups is 3. The van der Waals surface area contributed by atoms with Crippen LogP contribution >= 0.6 is 0 Å². The highest BCUT2D eigenvalue weighted by molar-refractivity contribution is 5.96. The second-order valence-corrected chi connectivity index (χ2v) is 20.8. The summed E-state index contributed by atoms with van der Waals surface area (Å²) >= 11 is 0. The molecule has 1 heterocycles. The van der Waals surface area contributed by atoms with Crippen LogP contribution in [-0.2, 0) is 35.2 Å². The molecule has 438 valence electrons. The lowest BCUT2D eigenvalue weighted by molar-refractivity contribution is -0.135. The standard InChI is InChI=1S/C50H94N18O9/c1-10-32(8)42(68-43(71)38(15-11-12-16-51)66-45(73)40(65-41(70)22-52)21-35-23-55-28-60-35)46(74)67-39(20-31(6)7)44(72)62-34(14-13-17-56-47(53)54)24-57-48(75)58-25-36(18-29(2)3)63-50(77)64-37(19-30(4)5)26-59-49(76)61-33(9)27-69/h23,27-34,36-40,42H,10-22,24-26,51-52H2,1-9H3,(H,55,60)(H,62,72)(H,65,70)(H,66,73)(H,67,74)(H,68,71)(H4,53,54,56)(H2,57,58,75)(H2,59,61,76)(H2,63,64,77)/t32-,33-,34-,36+,37-,38-,39-,40-,42-/m0/s1. The minimum Gasteiger partial charge on any atom is -0.370 e. The number of hydrogen-bond acceptors (Lipinski definition) is 13. The van der Waals surface area contributed by atoms with E-state index in [0.717, 1.165) is 0 Å². The molecule has 0 saturated heterocycles. The minimum atomic E-state index is -1.14. The minimum absolute atomic E-state index is 0.0283. The predicted octanol–water partition coefficient (Wildman–Crippen LogP) is -1.08. The van der Waals surface area contributed by atoms with E-state index in [1.165, 1.54) is 19.4 Å². The van der Waals surface area contributed by atoms with Gasteiger partial charge in [0.15, 0.2) is 5.96 Å². The van der Waals surface area contributed by atoms with E-state index in [1.807, 2.05) is 48.5 Å². The molecule has 9 atom stereocenters. The Kier molecular flexibility index (Phi) is 33.6. The van der Waals surface area contributed by atoms with E-state index in [1.54, 1.807) is 6.92 Å². The van der Waals surface area contributed by atoms with Crippen molar-refractivity contribution in [1.29, 1.82) is 0 Å². The number of carbonyl (C=O) groups excluding carboxylic acids is 9. The number of rotatable bonds is 38. The molecule has 11 amide bonds. The summed E-state index contributed by atoms with van der Waals surface area (Å²) in [5, 5.41) is 30.6. The van der Waals surface area contributed by atoms with Crippen molar-refractivity contribution in [2.45, 2.75) is 175 Å². The first-order valence-corrected chi connectivity index (χ1v) is 26.9. The maximum atomic E-state index is 14.3. The SMILES string of the molecule is CC[C@H](C)[C@H](NC(=O)[C@H](CCCCN)NC(=O)[C@H](Cc1cnc[nH]1)NC(=O)CN)C(=O)N[C@@H](CC(C)C)C(=O)N[C@@H](CCCN=C(N)N)CNC(=O)NC[C@@H](CC(C)C)NC(=O)N[C@H](CNC(=O)N[C@@H](C)C=O)CC(C)C. The molecule has 0 aliphatic heterocycles. The average molecular weight is 1090 g/mol. The van der Waals surface area contributed by atoms with Crippen molar-refractivity contribution in [1.82, 2.24) is 68.5 Å². The molecule has 0 aliphatic carbocycles. The van der Waals surface area contributed by atoms with E-state index in [4.69, 9.17) is 22.9 Å². The van der Waals surface area contributed by atoms with Gasteiger partial charge >= 0.3 is 18.1 Å². The highest BCUT2D eigenvalue weighted by Crippen LogP contribution is 2.14. The number of nitrogens with one attached hydrogen (secondary N) is 12. The summed E-state index contributed by atoms with van der Waals surface area (Å²) in [4.78, 5) is 130. The predicted molar refractivity (Wildman–Crippen MR) is 294 cm³/mol. The number of unbranched alkanes of at least 4 members (excludes halogenated alkanes) is 1. The number of carbonyl (C=O) groups is 9. The quantitative estimate of drug-likeness (QED) is 0.0162. The van der Waals surface area contributed by atoms with Crippen molar-refractivity contribution in [2.75, 3.05) is 39.3 Å². The number of H-pyrrole nitrogens is 1. The van der Waals surface area contributed by atoms with Crippen molar-refractivity contribution < 1.29 is 43.2 Å². The zero-order valence-corrected chi connectivity index (χ0v) is 46.9.